The van der Waals surface area contributed by atoms with Crippen LogP contribution in [0.2, 0.25) is 0 Å². The molecule has 0 aliphatic rings. The van der Waals surface area contributed by atoms with E-state index in [0.29, 0.717) is 28.5 Å². The van der Waals surface area contributed by atoms with Crippen molar-refractivity contribution in [2.24, 2.45) is 0 Å². The summed E-state index contributed by atoms with van der Waals surface area (Å²) in [4.78, 5) is 22.8. The first kappa shape index (κ1) is 15.4. The van der Waals surface area contributed by atoms with Gasteiger partial charge in [-0.1, -0.05) is 30.3 Å². The Labute approximate surface area is 136 Å². The smallest absolute Gasteiger partial charge is 0.267 e. The molecule has 24 heavy (non-hydrogen) atoms. The first-order valence-electron chi connectivity index (χ1n) is 7.19. The average molecular weight is 320 g/mol. The van der Waals surface area contributed by atoms with Crippen LogP contribution in [0.1, 0.15) is 11.3 Å². The Balaban J connectivity index is 2.14. The summed E-state index contributed by atoms with van der Waals surface area (Å²) in [6.45, 7) is -0.147. The summed E-state index contributed by atoms with van der Waals surface area (Å²) in [6, 6.07) is 15.2. The maximum atomic E-state index is 12.3. The molecule has 1 heterocycles. The molecule has 118 valence electrons. The SMILES string of the molecule is N#CCn1nc(Cc2cccc([N+](=O)[O-])c2)c2ccccc2c1=O. The lowest BCUT2D eigenvalue weighted by atomic mass is 10.0. The zero-order chi connectivity index (χ0) is 17.1. The van der Waals surface area contributed by atoms with Gasteiger partial charge >= 0.3 is 0 Å². The molecular weight excluding hydrogens is 308 g/mol. The molecule has 7 nitrogen and oxygen atoms in total. The Morgan fingerprint density at radius 3 is 2.62 bits per heavy atom. The molecule has 0 fully saturated rings. The highest BCUT2D eigenvalue weighted by Crippen LogP contribution is 2.19. The van der Waals surface area contributed by atoms with E-state index in [9.17, 15) is 14.9 Å². The van der Waals surface area contributed by atoms with Gasteiger partial charge in [0, 0.05) is 23.9 Å². The van der Waals surface area contributed by atoms with Crippen molar-refractivity contribution in [1.29, 1.82) is 5.26 Å². The van der Waals surface area contributed by atoms with Gasteiger partial charge in [-0.05, 0) is 11.6 Å². The van der Waals surface area contributed by atoms with Crippen LogP contribution in [0.4, 0.5) is 5.69 Å². The monoisotopic (exact) mass is 320 g/mol. The largest absolute Gasteiger partial charge is 0.275 e. The van der Waals surface area contributed by atoms with Gasteiger partial charge in [0.15, 0.2) is 0 Å². The number of aromatic nitrogens is 2. The molecule has 0 saturated carbocycles. The molecule has 0 radical (unpaired) electrons. The Kier molecular flexibility index (Phi) is 4.03. The van der Waals surface area contributed by atoms with Crippen molar-refractivity contribution in [3.8, 4) is 6.07 Å². The summed E-state index contributed by atoms with van der Waals surface area (Å²) in [7, 11) is 0. The van der Waals surface area contributed by atoms with E-state index in [-0.39, 0.29) is 17.8 Å². The highest BCUT2D eigenvalue weighted by atomic mass is 16.6. The van der Waals surface area contributed by atoms with Gasteiger partial charge in [-0.25, -0.2) is 4.68 Å². The fourth-order valence-electron chi connectivity index (χ4n) is 2.58. The number of rotatable bonds is 4. The number of nitro groups is 1. The quantitative estimate of drug-likeness (QED) is 0.542. The van der Waals surface area contributed by atoms with Gasteiger partial charge in [0.1, 0.15) is 6.54 Å². The molecular formula is C17H12N4O3. The third kappa shape index (κ3) is 2.85. The third-order valence-electron chi connectivity index (χ3n) is 3.66. The molecule has 0 N–H and O–H groups in total. The van der Waals surface area contributed by atoms with Gasteiger partial charge in [-0.2, -0.15) is 10.4 Å². The van der Waals surface area contributed by atoms with E-state index < -0.39 is 4.92 Å². The number of fused-ring (bicyclic) bond motifs is 1. The molecule has 0 spiro atoms. The fourth-order valence-corrected chi connectivity index (χ4v) is 2.58. The molecule has 3 aromatic rings. The molecule has 0 aliphatic carbocycles. The lowest BCUT2D eigenvalue weighted by molar-refractivity contribution is -0.384. The molecule has 2 aromatic carbocycles. The molecule has 0 unspecified atom stereocenters. The minimum Gasteiger partial charge on any atom is -0.267 e. The maximum absolute atomic E-state index is 12.3. The summed E-state index contributed by atoms with van der Waals surface area (Å²) < 4.78 is 1.12. The number of nitrogens with zero attached hydrogens (tertiary/aromatic N) is 4. The van der Waals surface area contributed by atoms with Crippen LogP contribution in [0, 0.1) is 21.4 Å². The van der Waals surface area contributed by atoms with Crippen LogP contribution in [-0.2, 0) is 13.0 Å². The van der Waals surface area contributed by atoms with Gasteiger partial charge in [-0.3, -0.25) is 14.9 Å². The van der Waals surface area contributed by atoms with Gasteiger partial charge < -0.3 is 0 Å². The van der Waals surface area contributed by atoms with Crippen LogP contribution in [0.3, 0.4) is 0 Å². The average Bonchev–Trinajstić information content (AvgIpc) is 2.59. The van der Waals surface area contributed by atoms with Gasteiger partial charge in [-0.15, -0.1) is 0 Å². The molecule has 0 saturated heterocycles. The first-order chi connectivity index (χ1) is 11.6. The van der Waals surface area contributed by atoms with E-state index >= 15 is 0 Å². The van der Waals surface area contributed by atoms with Crippen LogP contribution >= 0.6 is 0 Å². The van der Waals surface area contributed by atoms with Crippen molar-refractivity contribution in [1.82, 2.24) is 9.78 Å². The van der Waals surface area contributed by atoms with Crippen LogP contribution in [0.25, 0.3) is 10.8 Å². The lowest BCUT2D eigenvalue weighted by Crippen LogP contribution is -2.24. The van der Waals surface area contributed by atoms with Crippen LogP contribution in [0.15, 0.2) is 53.3 Å². The lowest BCUT2D eigenvalue weighted by Gasteiger charge is -2.09. The van der Waals surface area contributed by atoms with Crippen molar-refractivity contribution in [2.45, 2.75) is 13.0 Å². The predicted molar refractivity (Wildman–Crippen MR) is 87.5 cm³/mol. The second-order valence-corrected chi connectivity index (χ2v) is 5.22. The standard InChI is InChI=1S/C17H12N4O3/c18-8-9-20-17(22)15-7-2-1-6-14(15)16(19-20)11-12-4-3-5-13(10-12)21(23)24/h1-7,10H,9,11H2. The number of hydrogen-bond acceptors (Lipinski definition) is 5. The summed E-state index contributed by atoms with van der Waals surface area (Å²) >= 11 is 0. The number of non-ortho nitro benzene ring substituents is 1. The van der Waals surface area contributed by atoms with Crippen molar-refractivity contribution in [3.05, 3.63) is 80.3 Å². The van der Waals surface area contributed by atoms with Crippen molar-refractivity contribution in [3.63, 3.8) is 0 Å². The summed E-state index contributed by atoms with van der Waals surface area (Å²) in [5, 5.41) is 25.2. The summed E-state index contributed by atoms with van der Waals surface area (Å²) in [6.07, 6.45) is 0.327. The van der Waals surface area contributed by atoms with E-state index in [1.54, 1.807) is 36.4 Å². The maximum Gasteiger partial charge on any atom is 0.275 e. The molecule has 7 heteroatoms. The van der Waals surface area contributed by atoms with Crippen LogP contribution in [0.5, 0.6) is 0 Å². The van der Waals surface area contributed by atoms with Crippen molar-refractivity contribution >= 4 is 16.5 Å². The van der Waals surface area contributed by atoms with Crippen LogP contribution < -0.4 is 5.56 Å². The molecule has 3 rings (SSSR count). The van der Waals surface area contributed by atoms with E-state index in [2.05, 4.69) is 5.10 Å². The van der Waals surface area contributed by atoms with E-state index in [1.807, 2.05) is 6.07 Å². The van der Waals surface area contributed by atoms with Gasteiger partial charge in [0.05, 0.1) is 22.1 Å². The zero-order valence-corrected chi connectivity index (χ0v) is 12.5. The highest BCUT2D eigenvalue weighted by Gasteiger charge is 2.12. The Bertz CT molecular complexity index is 1030. The van der Waals surface area contributed by atoms with E-state index in [1.165, 1.54) is 12.1 Å². The van der Waals surface area contributed by atoms with Crippen LogP contribution in [-0.4, -0.2) is 14.7 Å². The predicted octanol–water partition coefficient (Wildman–Crippen LogP) is 2.42. The number of hydrogen-bond donors (Lipinski definition) is 0. The first-order valence-corrected chi connectivity index (χ1v) is 7.19. The molecule has 0 bridgehead atoms. The second-order valence-electron chi connectivity index (χ2n) is 5.22. The minimum atomic E-state index is -0.453. The van der Waals surface area contributed by atoms with Gasteiger partial charge in [0.25, 0.3) is 11.2 Å². The number of nitriles is 1. The topological polar surface area (TPSA) is 102 Å². The van der Waals surface area contributed by atoms with E-state index in [4.69, 9.17) is 5.26 Å². The summed E-state index contributed by atoms with van der Waals surface area (Å²) in [5.74, 6) is 0. The third-order valence-corrected chi connectivity index (χ3v) is 3.66. The Morgan fingerprint density at radius 2 is 1.92 bits per heavy atom. The van der Waals surface area contributed by atoms with Crippen molar-refractivity contribution < 1.29 is 4.92 Å². The minimum absolute atomic E-state index is 0.00199. The molecule has 0 atom stereocenters. The van der Waals surface area contributed by atoms with Gasteiger partial charge in [0.2, 0.25) is 0 Å². The second kappa shape index (κ2) is 6.30. The molecule has 0 aliphatic heterocycles. The normalized spacial score (nSPS) is 10.5. The fraction of sp³-hybridized carbons (Fsp3) is 0.118. The van der Waals surface area contributed by atoms with E-state index in [0.717, 1.165) is 4.68 Å². The molecule has 1 aromatic heterocycles. The number of nitro benzene ring substituents is 1. The Morgan fingerprint density at radius 1 is 1.17 bits per heavy atom. The highest BCUT2D eigenvalue weighted by molar-refractivity contribution is 5.83. The zero-order valence-electron chi connectivity index (χ0n) is 12.5. The summed E-state index contributed by atoms with van der Waals surface area (Å²) in [5.41, 5.74) is 0.988. The number of benzene rings is 2. The molecule has 0 amide bonds. The Hall–Kier alpha value is -3.53. The van der Waals surface area contributed by atoms with Crippen molar-refractivity contribution in [2.75, 3.05) is 0 Å².